The van der Waals surface area contributed by atoms with Gasteiger partial charge in [0.05, 0.1) is 6.42 Å². The van der Waals surface area contributed by atoms with E-state index in [1.54, 1.807) is 0 Å². The number of nitrogens with one attached hydrogen (secondary N) is 1. The van der Waals surface area contributed by atoms with Gasteiger partial charge >= 0.3 is 5.97 Å². The minimum Gasteiger partial charge on any atom is -0.481 e. The zero-order valence-corrected chi connectivity index (χ0v) is 8.17. The molecule has 0 saturated heterocycles. The van der Waals surface area contributed by atoms with E-state index in [1.807, 2.05) is 13.8 Å². The van der Waals surface area contributed by atoms with Crippen LogP contribution in [0.15, 0.2) is 0 Å². The van der Waals surface area contributed by atoms with Crippen LogP contribution < -0.4 is 5.32 Å². The summed E-state index contributed by atoms with van der Waals surface area (Å²) in [7, 11) is 0. The molecular weight excluding hydrogens is 170 g/mol. The van der Waals surface area contributed by atoms with Gasteiger partial charge in [-0.2, -0.15) is 0 Å². The van der Waals surface area contributed by atoms with Gasteiger partial charge in [0, 0.05) is 12.5 Å². The first kappa shape index (κ1) is 11.9. The lowest BCUT2D eigenvalue weighted by molar-refractivity contribution is -0.137. The fourth-order valence-electron chi connectivity index (χ4n) is 1.04. The summed E-state index contributed by atoms with van der Waals surface area (Å²) >= 11 is 0. The zero-order valence-electron chi connectivity index (χ0n) is 8.17. The van der Waals surface area contributed by atoms with Gasteiger partial charge in [-0.25, -0.2) is 0 Å². The van der Waals surface area contributed by atoms with E-state index in [2.05, 4.69) is 5.32 Å². The quantitative estimate of drug-likeness (QED) is 0.655. The predicted molar refractivity (Wildman–Crippen MR) is 49.4 cm³/mol. The molecule has 76 valence electrons. The van der Waals surface area contributed by atoms with Gasteiger partial charge in [0.2, 0.25) is 5.91 Å². The summed E-state index contributed by atoms with van der Waals surface area (Å²) in [4.78, 5) is 21.4. The molecule has 4 heteroatoms. The number of hydrogen-bond acceptors (Lipinski definition) is 2. The Morgan fingerprint density at radius 3 is 2.38 bits per heavy atom. The number of aliphatic carboxylic acids is 1. The van der Waals surface area contributed by atoms with Crippen LogP contribution in [-0.4, -0.2) is 23.0 Å². The highest BCUT2D eigenvalue weighted by Crippen LogP contribution is 1.98. The zero-order chi connectivity index (χ0) is 10.3. The largest absolute Gasteiger partial charge is 0.481 e. The second-order valence-electron chi connectivity index (χ2n) is 3.02. The van der Waals surface area contributed by atoms with Crippen molar-refractivity contribution in [2.45, 2.75) is 45.6 Å². The van der Waals surface area contributed by atoms with Crippen molar-refractivity contribution in [3.8, 4) is 0 Å². The van der Waals surface area contributed by atoms with Crippen LogP contribution in [0.4, 0.5) is 0 Å². The first-order valence-electron chi connectivity index (χ1n) is 4.61. The van der Waals surface area contributed by atoms with Crippen molar-refractivity contribution in [1.82, 2.24) is 5.32 Å². The Hall–Kier alpha value is -1.06. The fourth-order valence-corrected chi connectivity index (χ4v) is 1.04. The lowest BCUT2D eigenvalue weighted by Gasteiger charge is -2.14. The van der Waals surface area contributed by atoms with E-state index in [0.29, 0.717) is 12.8 Å². The van der Waals surface area contributed by atoms with Gasteiger partial charge in [0.25, 0.3) is 0 Å². The number of carbonyl (C=O) groups is 2. The van der Waals surface area contributed by atoms with Crippen LogP contribution in [0, 0.1) is 0 Å². The molecule has 0 aliphatic carbocycles. The Morgan fingerprint density at radius 1 is 1.38 bits per heavy atom. The molecule has 1 unspecified atom stereocenters. The van der Waals surface area contributed by atoms with Crippen molar-refractivity contribution in [1.29, 1.82) is 0 Å². The van der Waals surface area contributed by atoms with Crippen LogP contribution in [0.1, 0.15) is 39.5 Å². The molecule has 1 atom stereocenters. The predicted octanol–water partition coefficient (Wildman–Crippen LogP) is 1.16. The second-order valence-corrected chi connectivity index (χ2v) is 3.02. The molecule has 0 aromatic carbocycles. The van der Waals surface area contributed by atoms with Gasteiger partial charge in [-0.3, -0.25) is 9.59 Å². The Bertz CT molecular complexity index is 180. The smallest absolute Gasteiger partial charge is 0.305 e. The van der Waals surface area contributed by atoms with Gasteiger partial charge in [-0.1, -0.05) is 13.8 Å². The average molecular weight is 187 g/mol. The van der Waals surface area contributed by atoms with Gasteiger partial charge in [0.15, 0.2) is 0 Å². The van der Waals surface area contributed by atoms with Crippen molar-refractivity contribution < 1.29 is 14.7 Å². The molecule has 13 heavy (non-hydrogen) atoms. The maximum Gasteiger partial charge on any atom is 0.305 e. The summed E-state index contributed by atoms with van der Waals surface area (Å²) in [5.41, 5.74) is 0. The van der Waals surface area contributed by atoms with E-state index in [-0.39, 0.29) is 18.4 Å². The van der Waals surface area contributed by atoms with Crippen molar-refractivity contribution >= 4 is 11.9 Å². The third-order valence-corrected chi connectivity index (χ3v) is 1.76. The second kappa shape index (κ2) is 6.46. The lowest BCUT2D eigenvalue weighted by atomic mass is 10.1. The summed E-state index contributed by atoms with van der Waals surface area (Å²) in [6, 6.07) is -0.225. The molecule has 0 fully saturated rings. The molecule has 0 saturated carbocycles. The maximum absolute atomic E-state index is 11.1. The number of rotatable bonds is 6. The third kappa shape index (κ3) is 6.13. The van der Waals surface area contributed by atoms with Crippen LogP contribution >= 0.6 is 0 Å². The van der Waals surface area contributed by atoms with Gasteiger partial charge in [-0.15, -0.1) is 0 Å². The Balaban J connectivity index is 3.83. The van der Waals surface area contributed by atoms with Gasteiger partial charge < -0.3 is 10.4 Å². The van der Waals surface area contributed by atoms with Crippen molar-refractivity contribution in [2.24, 2.45) is 0 Å². The average Bonchev–Trinajstić information content (AvgIpc) is 2.02. The number of carboxylic acid groups (broad SMARTS) is 1. The Morgan fingerprint density at radius 2 is 2.00 bits per heavy atom. The monoisotopic (exact) mass is 187 g/mol. The third-order valence-electron chi connectivity index (χ3n) is 1.76. The highest BCUT2D eigenvalue weighted by atomic mass is 16.4. The first-order chi connectivity index (χ1) is 6.10. The van der Waals surface area contributed by atoms with E-state index in [1.165, 1.54) is 0 Å². The molecule has 0 aromatic rings. The number of amides is 1. The molecule has 0 spiro atoms. The van der Waals surface area contributed by atoms with E-state index < -0.39 is 5.97 Å². The highest BCUT2D eigenvalue weighted by molar-refractivity contribution is 5.77. The molecular formula is C9H17NO3. The Labute approximate surface area is 78.3 Å². The Kier molecular flexibility index (Phi) is 5.93. The molecule has 4 nitrogen and oxygen atoms in total. The standard InChI is InChI=1S/C9H17NO3/c1-3-5-8(11)10-7(4-2)6-9(12)13/h7H,3-6H2,1-2H3,(H,10,11)(H,12,13). The number of carbonyl (C=O) groups excluding carboxylic acids is 1. The topological polar surface area (TPSA) is 66.4 Å². The summed E-state index contributed by atoms with van der Waals surface area (Å²) in [5.74, 6) is -0.931. The molecule has 0 aromatic heterocycles. The molecule has 0 aliphatic heterocycles. The van der Waals surface area contributed by atoms with Crippen LogP contribution in [0.5, 0.6) is 0 Å². The molecule has 2 N–H and O–H groups in total. The molecule has 0 radical (unpaired) electrons. The van der Waals surface area contributed by atoms with Gasteiger partial charge in [-0.05, 0) is 12.8 Å². The molecule has 0 rings (SSSR count). The number of hydrogen-bond donors (Lipinski definition) is 2. The molecule has 1 amide bonds. The van der Waals surface area contributed by atoms with E-state index >= 15 is 0 Å². The first-order valence-corrected chi connectivity index (χ1v) is 4.61. The molecule has 0 heterocycles. The van der Waals surface area contributed by atoms with Crippen LogP contribution in [-0.2, 0) is 9.59 Å². The summed E-state index contributed by atoms with van der Waals surface area (Å²) in [5, 5.41) is 11.2. The van der Waals surface area contributed by atoms with Crippen molar-refractivity contribution in [3.63, 3.8) is 0 Å². The summed E-state index contributed by atoms with van der Waals surface area (Å²) in [6.45, 7) is 3.78. The number of carboxylic acids is 1. The van der Waals surface area contributed by atoms with E-state index in [4.69, 9.17) is 5.11 Å². The summed E-state index contributed by atoms with van der Waals surface area (Å²) in [6.07, 6.45) is 1.92. The van der Waals surface area contributed by atoms with E-state index in [0.717, 1.165) is 6.42 Å². The minimum atomic E-state index is -0.872. The molecule has 0 bridgehead atoms. The van der Waals surface area contributed by atoms with Crippen LogP contribution in [0.3, 0.4) is 0 Å². The van der Waals surface area contributed by atoms with Gasteiger partial charge in [0.1, 0.15) is 0 Å². The van der Waals surface area contributed by atoms with Crippen LogP contribution in [0.25, 0.3) is 0 Å². The lowest BCUT2D eigenvalue weighted by Crippen LogP contribution is -2.35. The normalized spacial score (nSPS) is 12.2. The summed E-state index contributed by atoms with van der Waals surface area (Å²) < 4.78 is 0. The SMILES string of the molecule is CCCC(=O)NC(CC)CC(=O)O. The van der Waals surface area contributed by atoms with Crippen molar-refractivity contribution in [2.75, 3.05) is 0 Å². The van der Waals surface area contributed by atoms with Crippen LogP contribution in [0.2, 0.25) is 0 Å². The molecule has 0 aliphatic rings. The van der Waals surface area contributed by atoms with Crippen molar-refractivity contribution in [3.05, 3.63) is 0 Å². The van der Waals surface area contributed by atoms with E-state index in [9.17, 15) is 9.59 Å². The fraction of sp³-hybridized carbons (Fsp3) is 0.778. The minimum absolute atomic E-state index is 0.00591. The highest BCUT2D eigenvalue weighted by Gasteiger charge is 2.12. The maximum atomic E-state index is 11.1.